The predicted molar refractivity (Wildman–Crippen MR) is 88.0 cm³/mol. The Morgan fingerprint density at radius 2 is 1.95 bits per heavy atom. The van der Waals surface area contributed by atoms with Crippen molar-refractivity contribution in [1.29, 1.82) is 0 Å². The van der Waals surface area contributed by atoms with Crippen molar-refractivity contribution in [3.05, 3.63) is 40.2 Å². The van der Waals surface area contributed by atoms with Crippen LogP contribution in [0.4, 0.5) is 0 Å². The number of para-hydroxylation sites is 1. The molecule has 22 heavy (non-hydrogen) atoms. The molecule has 1 heterocycles. The van der Waals surface area contributed by atoms with E-state index in [-0.39, 0.29) is 5.56 Å². The number of pyridine rings is 1. The van der Waals surface area contributed by atoms with Crippen LogP contribution >= 0.6 is 0 Å². The van der Waals surface area contributed by atoms with Crippen molar-refractivity contribution in [2.24, 2.45) is 5.73 Å². The highest BCUT2D eigenvalue weighted by Crippen LogP contribution is 2.27. The first-order valence-corrected chi connectivity index (χ1v) is 7.64. The summed E-state index contributed by atoms with van der Waals surface area (Å²) >= 11 is 0. The molecule has 0 atom stereocenters. The van der Waals surface area contributed by atoms with Crippen LogP contribution in [0.1, 0.15) is 37.7 Å². The number of ether oxygens (including phenoxy) is 1. The molecule has 1 fully saturated rings. The number of hydrogen-bond acceptors (Lipinski definition) is 3. The van der Waals surface area contributed by atoms with E-state index in [1.807, 2.05) is 24.3 Å². The monoisotopic (exact) mass is 296 g/mol. The highest BCUT2D eigenvalue weighted by molar-refractivity contribution is 5.87. The van der Waals surface area contributed by atoms with Gasteiger partial charge in [-0.1, -0.05) is 43.2 Å². The number of benzene rings is 1. The van der Waals surface area contributed by atoms with Crippen LogP contribution in [0.25, 0.3) is 10.9 Å². The number of H-pyrrole nitrogens is 1. The number of fused-ring (bicyclic) bond motifs is 1. The average molecular weight is 296 g/mol. The summed E-state index contributed by atoms with van der Waals surface area (Å²) in [6.45, 7) is 0. The van der Waals surface area contributed by atoms with Crippen molar-refractivity contribution in [2.75, 3.05) is 7.11 Å². The van der Waals surface area contributed by atoms with Crippen molar-refractivity contribution < 1.29 is 4.74 Å². The van der Waals surface area contributed by atoms with Crippen LogP contribution in [-0.2, 0) is 0 Å². The molecule has 0 bridgehead atoms. The van der Waals surface area contributed by atoms with Crippen LogP contribution < -0.4 is 16.0 Å². The summed E-state index contributed by atoms with van der Waals surface area (Å²) in [7, 11) is 1.56. The Morgan fingerprint density at radius 1 is 1.23 bits per heavy atom. The van der Waals surface area contributed by atoms with E-state index in [9.17, 15) is 4.79 Å². The summed E-state index contributed by atoms with van der Waals surface area (Å²) in [4.78, 5) is 15.2. The third kappa shape index (κ3) is 2.72. The molecule has 0 spiro atoms. The van der Waals surface area contributed by atoms with Gasteiger partial charge in [0.1, 0.15) is 11.3 Å². The molecule has 114 valence electrons. The van der Waals surface area contributed by atoms with E-state index in [2.05, 4.69) is 16.8 Å². The summed E-state index contributed by atoms with van der Waals surface area (Å²) in [5, 5.41) is 0.851. The minimum absolute atomic E-state index is 0.234. The zero-order valence-corrected chi connectivity index (χ0v) is 12.7. The Hall–Kier alpha value is -2.25. The lowest BCUT2D eigenvalue weighted by Crippen LogP contribution is -2.40. The van der Waals surface area contributed by atoms with Gasteiger partial charge in [0.2, 0.25) is 0 Å². The molecule has 3 rings (SSSR count). The maximum atomic E-state index is 12.3. The van der Waals surface area contributed by atoms with E-state index in [4.69, 9.17) is 10.5 Å². The van der Waals surface area contributed by atoms with Gasteiger partial charge in [0.05, 0.1) is 18.2 Å². The third-order valence-electron chi connectivity index (χ3n) is 4.26. The smallest absolute Gasteiger partial charge is 0.268 e. The van der Waals surface area contributed by atoms with Crippen molar-refractivity contribution >= 4 is 10.9 Å². The fraction of sp³-hybridized carbons (Fsp3) is 0.389. The first-order valence-electron chi connectivity index (χ1n) is 7.64. The van der Waals surface area contributed by atoms with E-state index in [1.165, 1.54) is 6.42 Å². The zero-order valence-electron chi connectivity index (χ0n) is 12.7. The van der Waals surface area contributed by atoms with Crippen LogP contribution in [0.3, 0.4) is 0 Å². The van der Waals surface area contributed by atoms with Gasteiger partial charge < -0.3 is 15.5 Å². The van der Waals surface area contributed by atoms with Gasteiger partial charge in [-0.05, 0) is 25.0 Å². The molecule has 1 saturated carbocycles. The maximum absolute atomic E-state index is 12.3. The van der Waals surface area contributed by atoms with E-state index in [0.29, 0.717) is 11.3 Å². The van der Waals surface area contributed by atoms with Gasteiger partial charge in [0.15, 0.2) is 0 Å². The fourth-order valence-corrected chi connectivity index (χ4v) is 3.03. The second kappa shape index (κ2) is 5.86. The van der Waals surface area contributed by atoms with Crippen LogP contribution in [0, 0.1) is 11.8 Å². The summed E-state index contributed by atoms with van der Waals surface area (Å²) in [5.74, 6) is 6.63. The Kier molecular flexibility index (Phi) is 3.91. The predicted octanol–water partition coefficient (Wildman–Crippen LogP) is 2.55. The molecule has 1 aromatic carbocycles. The van der Waals surface area contributed by atoms with Crippen LogP contribution in [0.5, 0.6) is 5.75 Å². The van der Waals surface area contributed by atoms with Crippen LogP contribution in [0.2, 0.25) is 0 Å². The van der Waals surface area contributed by atoms with E-state index < -0.39 is 5.54 Å². The standard InChI is InChI=1S/C18H20N2O2/c1-22-16-13-7-3-4-8-15(13)20-17(21)14(16)9-12-18(19)10-5-2-6-11-18/h3-4,7-8H,2,5-6,10-11,19H2,1H3,(H,20,21). The lowest BCUT2D eigenvalue weighted by Gasteiger charge is -2.27. The fourth-order valence-electron chi connectivity index (χ4n) is 3.03. The minimum atomic E-state index is -0.485. The molecule has 0 amide bonds. The highest BCUT2D eigenvalue weighted by atomic mass is 16.5. The average Bonchev–Trinajstić information content (AvgIpc) is 2.53. The lowest BCUT2D eigenvalue weighted by atomic mass is 9.83. The molecular formula is C18H20N2O2. The number of hydrogen-bond donors (Lipinski definition) is 2. The normalized spacial score (nSPS) is 16.8. The highest BCUT2D eigenvalue weighted by Gasteiger charge is 2.25. The van der Waals surface area contributed by atoms with E-state index in [0.717, 1.165) is 36.6 Å². The minimum Gasteiger partial charge on any atom is -0.495 e. The topological polar surface area (TPSA) is 68.1 Å². The van der Waals surface area contributed by atoms with Crippen LogP contribution in [-0.4, -0.2) is 17.6 Å². The largest absolute Gasteiger partial charge is 0.495 e. The Bertz CT molecular complexity index is 805. The summed E-state index contributed by atoms with van der Waals surface area (Å²) in [6.07, 6.45) is 5.16. The molecule has 4 nitrogen and oxygen atoms in total. The maximum Gasteiger partial charge on any atom is 0.268 e. The Balaban J connectivity index is 2.11. The Morgan fingerprint density at radius 3 is 2.68 bits per heavy atom. The van der Waals surface area contributed by atoms with Crippen molar-refractivity contribution in [3.63, 3.8) is 0 Å². The molecule has 1 aliphatic rings. The zero-order chi connectivity index (χ0) is 15.6. The first-order chi connectivity index (χ1) is 10.6. The molecule has 0 unspecified atom stereocenters. The molecule has 2 aromatic rings. The Labute approximate surface area is 129 Å². The van der Waals surface area contributed by atoms with Crippen LogP contribution in [0.15, 0.2) is 29.1 Å². The van der Waals surface area contributed by atoms with E-state index in [1.54, 1.807) is 7.11 Å². The summed E-state index contributed by atoms with van der Waals surface area (Å²) < 4.78 is 5.45. The van der Waals surface area contributed by atoms with Gasteiger partial charge in [-0.25, -0.2) is 0 Å². The number of nitrogens with two attached hydrogens (primary N) is 1. The van der Waals surface area contributed by atoms with Gasteiger partial charge in [0, 0.05) is 5.39 Å². The SMILES string of the molecule is COc1c(C#CC2(N)CCCCC2)c(=O)[nH]c2ccccc12. The quantitative estimate of drug-likeness (QED) is 0.795. The number of rotatable bonds is 1. The second-order valence-electron chi connectivity index (χ2n) is 5.87. The molecule has 0 saturated heterocycles. The lowest BCUT2D eigenvalue weighted by molar-refractivity contribution is 0.370. The summed E-state index contributed by atoms with van der Waals surface area (Å²) in [5.41, 5.74) is 6.72. The molecule has 4 heteroatoms. The second-order valence-corrected chi connectivity index (χ2v) is 5.87. The third-order valence-corrected chi connectivity index (χ3v) is 4.26. The van der Waals surface area contributed by atoms with Crippen molar-refractivity contribution in [2.45, 2.75) is 37.6 Å². The van der Waals surface area contributed by atoms with Gasteiger partial charge in [-0.3, -0.25) is 4.79 Å². The van der Waals surface area contributed by atoms with Crippen molar-refractivity contribution in [3.8, 4) is 17.6 Å². The molecular weight excluding hydrogens is 276 g/mol. The molecule has 3 N–H and O–H groups in total. The first kappa shape index (κ1) is 14.7. The van der Waals surface area contributed by atoms with Gasteiger partial charge in [0.25, 0.3) is 5.56 Å². The van der Waals surface area contributed by atoms with Gasteiger partial charge in [-0.2, -0.15) is 0 Å². The molecule has 1 aromatic heterocycles. The molecule has 0 aliphatic heterocycles. The van der Waals surface area contributed by atoms with Gasteiger partial charge in [-0.15, -0.1) is 0 Å². The number of nitrogens with one attached hydrogen (secondary N) is 1. The molecule has 0 radical (unpaired) electrons. The number of methoxy groups -OCH3 is 1. The van der Waals surface area contributed by atoms with Crippen molar-refractivity contribution in [1.82, 2.24) is 4.98 Å². The summed E-state index contributed by atoms with van der Waals surface area (Å²) in [6, 6.07) is 7.54. The van der Waals surface area contributed by atoms with E-state index >= 15 is 0 Å². The van der Waals surface area contributed by atoms with Gasteiger partial charge >= 0.3 is 0 Å². The molecule has 1 aliphatic carbocycles. The number of aromatic amines is 1. The number of aromatic nitrogens is 1.